The van der Waals surface area contributed by atoms with Gasteiger partial charge in [-0.1, -0.05) is 16.6 Å². The second-order valence-electron chi connectivity index (χ2n) is 4.25. The summed E-state index contributed by atoms with van der Waals surface area (Å²) in [5.41, 5.74) is 7.87. The number of fused-ring (bicyclic) bond motifs is 1. The zero-order valence-electron chi connectivity index (χ0n) is 9.59. The minimum Gasteiger partial charge on any atom is -0.330 e. The lowest BCUT2D eigenvalue weighted by molar-refractivity contribution is 0.677. The summed E-state index contributed by atoms with van der Waals surface area (Å²) in [7, 11) is 0. The molecule has 5 nitrogen and oxygen atoms in total. The van der Waals surface area contributed by atoms with Crippen LogP contribution in [0.4, 0.5) is 0 Å². The highest BCUT2D eigenvalue weighted by Gasteiger charge is 2.17. The molecular weight excluding hydrogens is 234 g/mol. The topological polar surface area (TPSA) is 69.6 Å². The van der Waals surface area contributed by atoms with E-state index in [1.54, 1.807) is 17.5 Å². The van der Waals surface area contributed by atoms with Crippen molar-refractivity contribution in [2.24, 2.45) is 5.73 Å². The van der Waals surface area contributed by atoms with Crippen LogP contribution >= 0.6 is 11.3 Å². The van der Waals surface area contributed by atoms with Crippen LogP contribution in [-0.4, -0.2) is 26.5 Å². The van der Waals surface area contributed by atoms with E-state index in [9.17, 15) is 0 Å². The number of aromatic nitrogens is 4. The predicted molar refractivity (Wildman–Crippen MR) is 66.4 cm³/mol. The number of rotatable bonds is 3. The Morgan fingerprint density at radius 2 is 2.24 bits per heavy atom. The van der Waals surface area contributed by atoms with Gasteiger partial charge in [0, 0.05) is 11.3 Å². The summed E-state index contributed by atoms with van der Waals surface area (Å²) in [5, 5.41) is 9.00. The molecule has 1 aliphatic carbocycles. The molecule has 2 N–H and O–H groups in total. The molecule has 0 aromatic carbocycles. The van der Waals surface area contributed by atoms with E-state index >= 15 is 0 Å². The zero-order valence-corrected chi connectivity index (χ0v) is 10.4. The van der Waals surface area contributed by atoms with E-state index in [2.05, 4.69) is 15.3 Å². The summed E-state index contributed by atoms with van der Waals surface area (Å²) in [6.45, 7) is 0.610. The van der Waals surface area contributed by atoms with E-state index in [1.807, 2.05) is 4.68 Å². The van der Waals surface area contributed by atoms with Gasteiger partial charge in [0.1, 0.15) is 0 Å². The summed E-state index contributed by atoms with van der Waals surface area (Å²) in [5.74, 6) is 0. The Kier molecular flexibility index (Phi) is 2.90. The molecule has 0 aliphatic heterocycles. The molecule has 6 heteroatoms. The van der Waals surface area contributed by atoms with Crippen LogP contribution in [0.15, 0.2) is 6.20 Å². The first kappa shape index (κ1) is 10.9. The first-order valence-electron chi connectivity index (χ1n) is 5.97. The molecule has 0 fully saturated rings. The van der Waals surface area contributed by atoms with Crippen molar-refractivity contribution in [1.29, 1.82) is 0 Å². The van der Waals surface area contributed by atoms with Crippen molar-refractivity contribution in [2.75, 3.05) is 6.54 Å². The number of hydrogen-bond donors (Lipinski definition) is 1. The molecule has 3 rings (SSSR count). The lowest BCUT2D eigenvalue weighted by Crippen LogP contribution is -2.08. The van der Waals surface area contributed by atoms with E-state index in [4.69, 9.17) is 5.73 Å². The zero-order chi connectivity index (χ0) is 11.7. The Balaban J connectivity index is 1.97. The maximum atomic E-state index is 5.58. The Labute approximate surface area is 104 Å². The summed E-state index contributed by atoms with van der Waals surface area (Å²) in [6.07, 6.45) is 7.36. The fourth-order valence-electron chi connectivity index (χ4n) is 2.16. The molecule has 0 amide bonds. The molecule has 17 heavy (non-hydrogen) atoms. The maximum absolute atomic E-state index is 5.58. The molecular formula is C11H15N5S. The molecule has 2 aromatic heterocycles. The van der Waals surface area contributed by atoms with Crippen LogP contribution in [0.1, 0.15) is 29.1 Å². The standard InChI is InChI=1S/C11H15N5S/c12-6-5-8-7-13-15-16(8)11-14-9-3-1-2-4-10(9)17-11/h7H,1-6,12H2. The minimum absolute atomic E-state index is 0.610. The lowest BCUT2D eigenvalue weighted by Gasteiger charge is -2.06. The van der Waals surface area contributed by atoms with E-state index in [1.165, 1.54) is 23.4 Å². The van der Waals surface area contributed by atoms with Crippen molar-refractivity contribution < 1.29 is 0 Å². The third-order valence-electron chi connectivity index (χ3n) is 3.04. The number of hydrogen-bond acceptors (Lipinski definition) is 5. The molecule has 0 spiro atoms. The predicted octanol–water partition coefficient (Wildman–Crippen LogP) is 1.10. The van der Waals surface area contributed by atoms with Crippen molar-refractivity contribution in [3.05, 3.63) is 22.5 Å². The summed E-state index contributed by atoms with van der Waals surface area (Å²) in [4.78, 5) is 6.09. The Morgan fingerprint density at radius 3 is 3.06 bits per heavy atom. The van der Waals surface area contributed by atoms with E-state index < -0.39 is 0 Å². The van der Waals surface area contributed by atoms with Crippen LogP contribution < -0.4 is 5.73 Å². The van der Waals surface area contributed by atoms with Gasteiger partial charge in [0.2, 0.25) is 5.13 Å². The molecule has 0 saturated heterocycles. The van der Waals surface area contributed by atoms with E-state index in [0.717, 1.165) is 30.1 Å². The second kappa shape index (κ2) is 4.54. The highest BCUT2D eigenvalue weighted by Crippen LogP contribution is 2.28. The quantitative estimate of drug-likeness (QED) is 0.884. The van der Waals surface area contributed by atoms with Crippen LogP contribution in [0.2, 0.25) is 0 Å². The normalized spacial score (nSPS) is 14.9. The van der Waals surface area contributed by atoms with Gasteiger partial charge in [0.25, 0.3) is 0 Å². The van der Waals surface area contributed by atoms with Crippen molar-refractivity contribution >= 4 is 11.3 Å². The Morgan fingerprint density at radius 1 is 1.35 bits per heavy atom. The van der Waals surface area contributed by atoms with Gasteiger partial charge in [0.15, 0.2) is 0 Å². The Bertz CT molecular complexity index is 492. The average Bonchev–Trinajstić information content (AvgIpc) is 2.94. The van der Waals surface area contributed by atoms with Gasteiger partial charge < -0.3 is 5.73 Å². The van der Waals surface area contributed by atoms with Crippen LogP contribution in [0.3, 0.4) is 0 Å². The highest BCUT2D eigenvalue weighted by molar-refractivity contribution is 7.14. The van der Waals surface area contributed by atoms with Gasteiger partial charge >= 0.3 is 0 Å². The SMILES string of the molecule is NCCc1cnnn1-c1nc2c(s1)CCCC2. The van der Waals surface area contributed by atoms with Gasteiger partial charge in [0.05, 0.1) is 17.6 Å². The maximum Gasteiger partial charge on any atom is 0.212 e. The number of thiazole rings is 1. The molecule has 2 heterocycles. The van der Waals surface area contributed by atoms with Crippen LogP contribution in [0.5, 0.6) is 0 Å². The minimum atomic E-state index is 0.610. The van der Waals surface area contributed by atoms with Gasteiger partial charge in [-0.05, 0) is 32.2 Å². The van der Waals surface area contributed by atoms with E-state index in [0.29, 0.717) is 6.54 Å². The number of aryl methyl sites for hydroxylation is 2. The van der Waals surface area contributed by atoms with Crippen molar-refractivity contribution in [1.82, 2.24) is 20.0 Å². The Hall–Kier alpha value is -1.27. The molecule has 2 aromatic rings. The molecule has 0 saturated carbocycles. The molecule has 0 radical (unpaired) electrons. The van der Waals surface area contributed by atoms with Gasteiger partial charge in [-0.15, -0.1) is 5.10 Å². The van der Waals surface area contributed by atoms with Crippen LogP contribution in [-0.2, 0) is 19.3 Å². The van der Waals surface area contributed by atoms with Crippen LogP contribution in [0.25, 0.3) is 5.13 Å². The van der Waals surface area contributed by atoms with Crippen molar-refractivity contribution in [2.45, 2.75) is 32.1 Å². The number of nitrogens with zero attached hydrogens (tertiary/aromatic N) is 4. The fourth-order valence-corrected chi connectivity index (χ4v) is 3.29. The highest BCUT2D eigenvalue weighted by atomic mass is 32.1. The van der Waals surface area contributed by atoms with Gasteiger partial charge in [-0.2, -0.15) is 4.68 Å². The molecule has 90 valence electrons. The fraction of sp³-hybridized carbons (Fsp3) is 0.545. The average molecular weight is 249 g/mol. The van der Waals surface area contributed by atoms with Gasteiger partial charge in [-0.3, -0.25) is 0 Å². The molecule has 0 bridgehead atoms. The number of nitrogens with two attached hydrogens (primary N) is 1. The largest absolute Gasteiger partial charge is 0.330 e. The smallest absolute Gasteiger partial charge is 0.212 e. The first-order chi connectivity index (χ1) is 8.38. The van der Waals surface area contributed by atoms with Crippen molar-refractivity contribution in [3.8, 4) is 5.13 Å². The summed E-state index contributed by atoms with van der Waals surface area (Å²) >= 11 is 1.74. The monoisotopic (exact) mass is 249 g/mol. The van der Waals surface area contributed by atoms with E-state index in [-0.39, 0.29) is 0 Å². The lowest BCUT2D eigenvalue weighted by atomic mass is 10.0. The summed E-state index contributed by atoms with van der Waals surface area (Å²) in [6, 6.07) is 0. The molecule has 1 aliphatic rings. The second-order valence-corrected chi connectivity index (χ2v) is 5.31. The molecule has 0 unspecified atom stereocenters. The molecule has 0 atom stereocenters. The van der Waals surface area contributed by atoms with Crippen LogP contribution in [0, 0.1) is 0 Å². The third kappa shape index (κ3) is 1.98. The van der Waals surface area contributed by atoms with Gasteiger partial charge in [-0.25, -0.2) is 4.98 Å². The first-order valence-corrected chi connectivity index (χ1v) is 6.78. The van der Waals surface area contributed by atoms with Crippen molar-refractivity contribution in [3.63, 3.8) is 0 Å². The third-order valence-corrected chi connectivity index (χ3v) is 4.17. The summed E-state index contributed by atoms with van der Waals surface area (Å²) < 4.78 is 1.83.